The molecule has 0 saturated heterocycles. The molecule has 0 spiro atoms. The van der Waals surface area contributed by atoms with Gasteiger partial charge in [0.25, 0.3) is 11.0 Å². The number of rotatable bonds is 5. The molecule has 1 rings (SSSR count). The normalized spacial score (nSPS) is 13.6. The summed E-state index contributed by atoms with van der Waals surface area (Å²) in [5.74, 6) is -0.511. The summed E-state index contributed by atoms with van der Waals surface area (Å²) >= 11 is 0. The van der Waals surface area contributed by atoms with E-state index < -0.39 is 11.0 Å². The van der Waals surface area contributed by atoms with Crippen LogP contribution < -0.4 is 5.32 Å². The Morgan fingerprint density at radius 2 is 2.53 bits per heavy atom. The van der Waals surface area contributed by atoms with E-state index in [0.29, 0.717) is 12.1 Å². The summed E-state index contributed by atoms with van der Waals surface area (Å²) in [6.45, 7) is 0.740. The van der Waals surface area contributed by atoms with Crippen LogP contribution >= 0.6 is 0 Å². The molecular weight excluding hydrogens is 228 g/mol. The molecule has 0 aromatic heterocycles. The van der Waals surface area contributed by atoms with E-state index in [1.807, 2.05) is 5.32 Å². The first-order chi connectivity index (χ1) is 8.13. The summed E-state index contributed by atoms with van der Waals surface area (Å²) in [7, 11) is 0. The highest BCUT2D eigenvalue weighted by molar-refractivity contribution is 5.97. The number of carbonyl (C=O) groups excluding carboxylic acids is 1. The first-order valence-corrected chi connectivity index (χ1v) is 4.72. The lowest BCUT2D eigenvalue weighted by atomic mass is 10.2. The fraction of sp³-hybridized carbons (Fsp3) is 0.333. The summed E-state index contributed by atoms with van der Waals surface area (Å²) in [4.78, 5) is 27.1. The van der Waals surface area contributed by atoms with E-state index in [2.05, 4.69) is 4.84 Å². The molecule has 1 aliphatic rings. The quantitative estimate of drug-likeness (QED) is 0.300. The Morgan fingerprint density at radius 1 is 1.76 bits per heavy atom. The number of nitrogens with one attached hydrogen (secondary N) is 1. The first-order valence-electron chi connectivity index (χ1n) is 4.72. The second-order valence-electron chi connectivity index (χ2n) is 3.10. The highest BCUT2D eigenvalue weighted by Gasteiger charge is 2.11. The number of hydrogen-bond acceptors (Lipinski definition) is 6. The Hall–Kier alpha value is -2.56. The Labute approximate surface area is 96.9 Å². The van der Waals surface area contributed by atoms with E-state index in [9.17, 15) is 14.9 Å². The van der Waals surface area contributed by atoms with Crippen molar-refractivity contribution in [3.63, 3.8) is 0 Å². The van der Waals surface area contributed by atoms with Gasteiger partial charge in [-0.3, -0.25) is 10.1 Å². The van der Waals surface area contributed by atoms with Crippen molar-refractivity contribution in [2.75, 3.05) is 19.7 Å². The molecule has 1 N–H and O–H groups in total. The van der Waals surface area contributed by atoms with E-state index in [1.165, 1.54) is 12.4 Å². The van der Waals surface area contributed by atoms with Crippen LogP contribution in [-0.4, -0.2) is 35.6 Å². The highest BCUT2D eigenvalue weighted by atomic mass is 16.9. The molecule has 0 aliphatic carbocycles. The number of carbonyl (C=O) groups is 1. The number of amides is 1. The van der Waals surface area contributed by atoms with Crippen LogP contribution in [0, 0.1) is 21.6 Å². The van der Waals surface area contributed by atoms with Crippen LogP contribution in [0.1, 0.15) is 0 Å². The Morgan fingerprint density at radius 3 is 3.18 bits per heavy atom. The molecular formula is C9H10N4O4. The monoisotopic (exact) mass is 238 g/mol. The number of nitrogens with zero attached hydrogens (tertiary/aromatic N) is 3. The van der Waals surface area contributed by atoms with Crippen molar-refractivity contribution in [2.45, 2.75) is 0 Å². The lowest BCUT2D eigenvalue weighted by Gasteiger charge is -2.21. The summed E-state index contributed by atoms with van der Waals surface area (Å²) in [5, 5.41) is 19.4. The van der Waals surface area contributed by atoms with Gasteiger partial charge in [0.05, 0.1) is 5.57 Å². The molecule has 0 aromatic rings. The molecule has 0 unspecified atom stereocenters. The van der Waals surface area contributed by atoms with E-state index in [4.69, 9.17) is 5.26 Å². The molecule has 1 aliphatic heterocycles. The minimum atomic E-state index is -0.868. The SMILES string of the molecule is N#CNC(=O)C1=CN(CCO[N+](=O)[O-])CC=C1. The van der Waals surface area contributed by atoms with E-state index in [0.717, 1.165) is 0 Å². The van der Waals surface area contributed by atoms with Crippen LogP contribution in [-0.2, 0) is 9.63 Å². The van der Waals surface area contributed by atoms with Gasteiger partial charge in [0, 0.05) is 19.3 Å². The molecule has 0 radical (unpaired) electrons. The molecule has 0 bridgehead atoms. The Kier molecular flexibility index (Phi) is 4.50. The molecule has 8 heteroatoms. The van der Waals surface area contributed by atoms with Gasteiger partial charge in [-0.1, -0.05) is 12.2 Å². The fourth-order valence-corrected chi connectivity index (χ4v) is 1.25. The van der Waals surface area contributed by atoms with Gasteiger partial charge in [-0.05, 0) is 0 Å². The summed E-state index contributed by atoms with van der Waals surface area (Å²) in [6, 6.07) is 0. The molecule has 0 atom stereocenters. The third kappa shape index (κ3) is 4.21. The van der Waals surface area contributed by atoms with Crippen LogP contribution in [0.15, 0.2) is 23.9 Å². The zero-order valence-electron chi connectivity index (χ0n) is 8.83. The zero-order chi connectivity index (χ0) is 12.7. The van der Waals surface area contributed by atoms with Gasteiger partial charge in [-0.2, -0.15) is 5.26 Å². The van der Waals surface area contributed by atoms with Gasteiger partial charge in [-0.25, -0.2) is 0 Å². The van der Waals surface area contributed by atoms with Crippen molar-refractivity contribution >= 4 is 5.91 Å². The predicted octanol–water partition coefficient (Wildman–Crippen LogP) is -0.452. The van der Waals surface area contributed by atoms with Crippen LogP contribution in [0.3, 0.4) is 0 Å². The minimum absolute atomic E-state index is 0.0789. The summed E-state index contributed by atoms with van der Waals surface area (Å²) in [6.07, 6.45) is 6.36. The van der Waals surface area contributed by atoms with Gasteiger partial charge < -0.3 is 9.74 Å². The van der Waals surface area contributed by atoms with E-state index >= 15 is 0 Å². The van der Waals surface area contributed by atoms with Crippen molar-refractivity contribution in [1.29, 1.82) is 5.26 Å². The molecule has 1 amide bonds. The third-order valence-electron chi connectivity index (χ3n) is 1.97. The van der Waals surface area contributed by atoms with Crippen LogP contribution in [0.2, 0.25) is 0 Å². The maximum atomic E-state index is 11.3. The molecule has 0 aromatic carbocycles. The van der Waals surface area contributed by atoms with Gasteiger partial charge in [-0.15, -0.1) is 10.1 Å². The van der Waals surface area contributed by atoms with E-state index in [-0.39, 0.29) is 13.2 Å². The molecule has 90 valence electrons. The van der Waals surface area contributed by atoms with E-state index in [1.54, 1.807) is 17.1 Å². The lowest BCUT2D eigenvalue weighted by molar-refractivity contribution is -0.757. The van der Waals surface area contributed by atoms with Crippen LogP contribution in [0.25, 0.3) is 0 Å². The number of nitriles is 1. The second-order valence-corrected chi connectivity index (χ2v) is 3.10. The lowest BCUT2D eigenvalue weighted by Crippen LogP contribution is -2.29. The summed E-state index contributed by atoms with van der Waals surface area (Å²) < 4.78 is 0. The standard InChI is InChI=1S/C9H10N4O4/c10-7-11-9(14)8-2-1-3-12(6-8)4-5-17-13(15)16/h1-2,6H,3-5H2,(H,11,14). The molecule has 0 fully saturated rings. The average molecular weight is 238 g/mol. The zero-order valence-corrected chi connectivity index (χ0v) is 8.83. The highest BCUT2D eigenvalue weighted by Crippen LogP contribution is 2.07. The second kappa shape index (κ2) is 6.12. The molecule has 17 heavy (non-hydrogen) atoms. The molecule has 0 saturated carbocycles. The molecule has 8 nitrogen and oxygen atoms in total. The smallest absolute Gasteiger partial charge is 0.294 e. The van der Waals surface area contributed by atoms with Gasteiger partial charge >= 0.3 is 0 Å². The van der Waals surface area contributed by atoms with Crippen molar-refractivity contribution in [2.24, 2.45) is 0 Å². The van der Waals surface area contributed by atoms with Crippen LogP contribution in [0.5, 0.6) is 0 Å². The predicted molar refractivity (Wildman–Crippen MR) is 55.5 cm³/mol. The van der Waals surface area contributed by atoms with Gasteiger partial charge in [0.15, 0.2) is 6.19 Å². The number of hydrogen-bond donors (Lipinski definition) is 1. The average Bonchev–Trinajstić information content (AvgIpc) is 2.29. The van der Waals surface area contributed by atoms with Crippen molar-refractivity contribution < 1.29 is 14.7 Å². The van der Waals surface area contributed by atoms with Crippen molar-refractivity contribution in [3.05, 3.63) is 34.0 Å². The first kappa shape index (κ1) is 12.5. The van der Waals surface area contributed by atoms with Crippen molar-refractivity contribution in [1.82, 2.24) is 10.2 Å². The largest absolute Gasteiger partial charge is 0.371 e. The fourth-order valence-electron chi connectivity index (χ4n) is 1.25. The molecule has 1 heterocycles. The Balaban J connectivity index is 2.48. The Bertz CT molecular complexity index is 410. The van der Waals surface area contributed by atoms with Gasteiger partial charge in [0.2, 0.25) is 0 Å². The summed E-state index contributed by atoms with van der Waals surface area (Å²) in [5.41, 5.74) is 0.318. The minimum Gasteiger partial charge on any atom is -0.371 e. The topological polar surface area (TPSA) is 108 Å². The van der Waals surface area contributed by atoms with Crippen molar-refractivity contribution in [3.8, 4) is 6.19 Å². The maximum Gasteiger partial charge on any atom is 0.294 e. The maximum absolute atomic E-state index is 11.3. The van der Waals surface area contributed by atoms with Crippen LogP contribution in [0.4, 0.5) is 0 Å². The third-order valence-corrected chi connectivity index (χ3v) is 1.97. The van der Waals surface area contributed by atoms with Gasteiger partial charge in [0.1, 0.15) is 6.61 Å².